The topological polar surface area (TPSA) is 75.7 Å². The minimum Gasteiger partial charge on any atom is -0.465 e. The molecule has 1 N–H and O–H groups in total. The third kappa shape index (κ3) is 2.60. The van der Waals surface area contributed by atoms with Gasteiger partial charge in [-0.05, 0) is 24.8 Å². The molecule has 0 amide bonds. The lowest BCUT2D eigenvalue weighted by molar-refractivity contribution is 0.0602. The van der Waals surface area contributed by atoms with E-state index in [2.05, 4.69) is 10.1 Å². The number of aryl methyl sites for hydroxylation is 1. The maximum Gasteiger partial charge on any atom is 0.349 e. The largest absolute Gasteiger partial charge is 0.465 e. The van der Waals surface area contributed by atoms with Crippen molar-refractivity contribution >= 4 is 27.3 Å². The number of piperazine rings is 1. The fraction of sp³-hybridized carbons (Fsp3) is 0.583. The molecule has 0 radical (unpaired) electrons. The van der Waals surface area contributed by atoms with E-state index in [0.717, 1.165) is 11.3 Å². The van der Waals surface area contributed by atoms with E-state index in [9.17, 15) is 13.2 Å². The number of carbonyl (C=O) groups is 1. The van der Waals surface area contributed by atoms with Crippen molar-refractivity contribution in [3.05, 3.63) is 15.8 Å². The Balaban J connectivity index is 2.49. The molecule has 1 aliphatic heterocycles. The molecule has 1 fully saturated rings. The van der Waals surface area contributed by atoms with E-state index in [1.54, 1.807) is 12.3 Å². The van der Waals surface area contributed by atoms with Crippen molar-refractivity contribution in [1.29, 1.82) is 0 Å². The molecule has 0 saturated carbocycles. The van der Waals surface area contributed by atoms with Crippen LogP contribution in [0.5, 0.6) is 0 Å². The Labute approximate surface area is 122 Å². The summed E-state index contributed by atoms with van der Waals surface area (Å²) in [5.41, 5.74) is 0.584. The number of rotatable bonds is 3. The van der Waals surface area contributed by atoms with Crippen LogP contribution in [0.15, 0.2) is 10.3 Å². The van der Waals surface area contributed by atoms with Crippen LogP contribution in [0, 0.1) is 6.92 Å². The smallest absolute Gasteiger partial charge is 0.349 e. The third-order valence-corrected chi connectivity index (χ3v) is 6.70. The average Bonchev–Trinajstić information content (AvgIpc) is 2.80. The molecule has 112 valence electrons. The Morgan fingerprint density at radius 1 is 1.55 bits per heavy atom. The van der Waals surface area contributed by atoms with Crippen molar-refractivity contribution in [1.82, 2.24) is 9.62 Å². The van der Waals surface area contributed by atoms with Crippen molar-refractivity contribution in [2.75, 3.05) is 26.7 Å². The summed E-state index contributed by atoms with van der Waals surface area (Å²) in [5.74, 6) is -0.607. The van der Waals surface area contributed by atoms with Crippen molar-refractivity contribution in [3.63, 3.8) is 0 Å². The van der Waals surface area contributed by atoms with E-state index in [0.29, 0.717) is 25.2 Å². The zero-order valence-corrected chi connectivity index (χ0v) is 13.3. The van der Waals surface area contributed by atoms with Gasteiger partial charge in [-0.25, -0.2) is 13.2 Å². The maximum atomic E-state index is 12.8. The first-order chi connectivity index (χ1) is 9.39. The fourth-order valence-corrected chi connectivity index (χ4v) is 5.58. The Bertz CT molecular complexity index is 609. The highest BCUT2D eigenvalue weighted by molar-refractivity contribution is 7.89. The first-order valence-electron chi connectivity index (χ1n) is 6.28. The lowest BCUT2D eigenvalue weighted by atomic mass is 10.3. The van der Waals surface area contributed by atoms with Crippen LogP contribution in [0.3, 0.4) is 0 Å². The number of hydrogen-bond acceptors (Lipinski definition) is 6. The van der Waals surface area contributed by atoms with E-state index in [-0.39, 0.29) is 15.8 Å². The van der Waals surface area contributed by atoms with E-state index >= 15 is 0 Å². The summed E-state index contributed by atoms with van der Waals surface area (Å²) in [4.78, 5) is 12.0. The SMILES string of the molecule is COC(=O)c1scc(C)c1S(=O)(=O)N1CCNCC1C. The summed E-state index contributed by atoms with van der Waals surface area (Å²) in [7, 11) is -2.43. The van der Waals surface area contributed by atoms with Crippen molar-refractivity contribution in [2.45, 2.75) is 24.8 Å². The normalized spacial score (nSPS) is 20.9. The highest BCUT2D eigenvalue weighted by Crippen LogP contribution is 2.31. The second kappa shape index (κ2) is 5.80. The zero-order valence-electron chi connectivity index (χ0n) is 11.7. The Hall–Kier alpha value is -0.960. The molecule has 2 heterocycles. The molecular formula is C12H18N2O4S2. The van der Waals surface area contributed by atoms with E-state index in [1.165, 1.54) is 11.4 Å². The van der Waals surface area contributed by atoms with Gasteiger partial charge in [0.05, 0.1) is 7.11 Å². The number of esters is 1. The number of nitrogens with zero attached hydrogens (tertiary/aromatic N) is 1. The summed E-state index contributed by atoms with van der Waals surface area (Å²) in [5, 5.41) is 4.82. The van der Waals surface area contributed by atoms with Crippen LogP contribution in [-0.2, 0) is 14.8 Å². The van der Waals surface area contributed by atoms with Gasteiger partial charge in [-0.15, -0.1) is 11.3 Å². The molecule has 1 saturated heterocycles. The van der Waals surface area contributed by atoms with E-state index < -0.39 is 16.0 Å². The summed E-state index contributed by atoms with van der Waals surface area (Å²) < 4.78 is 31.8. The molecular weight excluding hydrogens is 300 g/mol. The number of sulfonamides is 1. The van der Waals surface area contributed by atoms with Gasteiger partial charge in [0.25, 0.3) is 0 Å². The molecule has 6 nitrogen and oxygen atoms in total. The predicted molar refractivity (Wildman–Crippen MR) is 76.6 cm³/mol. The zero-order chi connectivity index (χ0) is 14.9. The molecule has 0 aliphatic carbocycles. The maximum absolute atomic E-state index is 12.8. The lowest BCUT2D eigenvalue weighted by Crippen LogP contribution is -2.52. The second-order valence-corrected chi connectivity index (χ2v) is 7.44. The van der Waals surface area contributed by atoms with Crippen molar-refractivity contribution in [2.24, 2.45) is 0 Å². The van der Waals surface area contributed by atoms with Crippen LogP contribution in [0.25, 0.3) is 0 Å². The Morgan fingerprint density at radius 3 is 2.85 bits per heavy atom. The Morgan fingerprint density at radius 2 is 2.25 bits per heavy atom. The quantitative estimate of drug-likeness (QED) is 0.835. The number of nitrogens with one attached hydrogen (secondary N) is 1. The minimum atomic E-state index is -3.68. The molecule has 1 aromatic heterocycles. The number of ether oxygens (including phenoxy) is 1. The Kier molecular flexibility index (Phi) is 4.48. The van der Waals surface area contributed by atoms with E-state index in [4.69, 9.17) is 0 Å². The van der Waals surface area contributed by atoms with Gasteiger partial charge in [0.1, 0.15) is 9.77 Å². The standard InChI is InChI=1S/C12H18N2O4S2/c1-8-7-19-10(12(15)18-3)11(8)20(16,17)14-5-4-13-6-9(14)2/h7,9,13H,4-6H2,1-3H3. The monoisotopic (exact) mass is 318 g/mol. The molecule has 1 atom stereocenters. The van der Waals surface area contributed by atoms with Crippen LogP contribution < -0.4 is 5.32 Å². The van der Waals surface area contributed by atoms with E-state index in [1.807, 2.05) is 6.92 Å². The summed E-state index contributed by atoms with van der Waals surface area (Å²) in [6.45, 7) is 5.17. The fourth-order valence-electron chi connectivity index (χ4n) is 2.28. The highest BCUT2D eigenvalue weighted by atomic mass is 32.2. The first-order valence-corrected chi connectivity index (χ1v) is 8.60. The molecule has 0 bridgehead atoms. The van der Waals surface area contributed by atoms with Gasteiger partial charge in [-0.3, -0.25) is 0 Å². The first kappa shape index (κ1) is 15.4. The van der Waals surface area contributed by atoms with Gasteiger partial charge < -0.3 is 10.1 Å². The molecule has 0 spiro atoms. The van der Waals surface area contributed by atoms with Gasteiger partial charge >= 0.3 is 5.97 Å². The summed E-state index contributed by atoms with van der Waals surface area (Å²) >= 11 is 1.10. The molecule has 1 aromatic rings. The number of thiophene rings is 1. The minimum absolute atomic E-state index is 0.0862. The molecule has 1 unspecified atom stereocenters. The van der Waals surface area contributed by atoms with Gasteiger partial charge in [0.2, 0.25) is 10.0 Å². The molecule has 2 rings (SSSR count). The highest BCUT2D eigenvalue weighted by Gasteiger charge is 2.36. The number of hydrogen-bond donors (Lipinski definition) is 1. The number of carbonyl (C=O) groups excluding carboxylic acids is 1. The van der Waals surface area contributed by atoms with Crippen molar-refractivity contribution < 1.29 is 17.9 Å². The van der Waals surface area contributed by atoms with Crippen LogP contribution >= 0.6 is 11.3 Å². The van der Waals surface area contributed by atoms with Gasteiger partial charge in [0.15, 0.2) is 0 Å². The molecule has 20 heavy (non-hydrogen) atoms. The van der Waals surface area contributed by atoms with Gasteiger partial charge in [-0.2, -0.15) is 4.31 Å². The van der Waals surface area contributed by atoms with Gasteiger partial charge in [0, 0.05) is 25.7 Å². The molecule has 8 heteroatoms. The summed E-state index contributed by atoms with van der Waals surface area (Å²) in [6, 6.07) is -0.140. The van der Waals surface area contributed by atoms with Crippen LogP contribution in [0.4, 0.5) is 0 Å². The average molecular weight is 318 g/mol. The van der Waals surface area contributed by atoms with Crippen LogP contribution in [0.1, 0.15) is 22.2 Å². The summed E-state index contributed by atoms with van der Waals surface area (Å²) in [6.07, 6.45) is 0. The number of methoxy groups -OCH3 is 1. The molecule has 1 aliphatic rings. The van der Waals surface area contributed by atoms with Crippen molar-refractivity contribution in [3.8, 4) is 0 Å². The third-order valence-electron chi connectivity index (χ3n) is 3.30. The molecule has 0 aromatic carbocycles. The predicted octanol–water partition coefficient (Wildman–Crippen LogP) is 0.826. The van der Waals surface area contributed by atoms with Crippen LogP contribution in [-0.4, -0.2) is 51.5 Å². The lowest BCUT2D eigenvalue weighted by Gasteiger charge is -2.33. The second-order valence-electron chi connectivity index (χ2n) is 4.74. The van der Waals surface area contributed by atoms with Crippen LogP contribution in [0.2, 0.25) is 0 Å². The van der Waals surface area contributed by atoms with Gasteiger partial charge in [-0.1, -0.05) is 0 Å².